The molecule has 23 heavy (non-hydrogen) atoms. The highest BCUT2D eigenvalue weighted by Crippen LogP contribution is 2.24. The highest BCUT2D eigenvalue weighted by atomic mass is 32.2. The molecule has 2 rings (SSSR count). The summed E-state index contributed by atoms with van der Waals surface area (Å²) in [5, 5.41) is 0. The molecule has 0 fully saturated rings. The van der Waals surface area contributed by atoms with Gasteiger partial charge in [-0.3, -0.25) is 9.52 Å². The van der Waals surface area contributed by atoms with Crippen LogP contribution in [0, 0.1) is 5.82 Å². The van der Waals surface area contributed by atoms with Gasteiger partial charge < -0.3 is 10.5 Å². The van der Waals surface area contributed by atoms with Crippen LogP contribution in [0.2, 0.25) is 0 Å². The first kappa shape index (κ1) is 16.8. The zero-order chi connectivity index (χ0) is 17.0. The van der Waals surface area contributed by atoms with E-state index in [0.29, 0.717) is 0 Å². The molecule has 0 heterocycles. The summed E-state index contributed by atoms with van der Waals surface area (Å²) in [6, 6.07) is 9.16. The van der Waals surface area contributed by atoms with Crippen molar-refractivity contribution < 1.29 is 22.3 Å². The number of amides is 1. The van der Waals surface area contributed by atoms with Crippen LogP contribution in [-0.4, -0.2) is 20.9 Å². The largest absolute Gasteiger partial charge is 0.491 e. The van der Waals surface area contributed by atoms with Crippen molar-refractivity contribution in [2.24, 2.45) is 5.73 Å². The van der Waals surface area contributed by atoms with Crippen LogP contribution in [0.15, 0.2) is 47.4 Å². The van der Waals surface area contributed by atoms with Crippen LogP contribution in [0.3, 0.4) is 0 Å². The Balaban J connectivity index is 2.37. The number of primary amides is 1. The molecule has 0 aromatic heterocycles. The first-order chi connectivity index (χ1) is 10.8. The first-order valence-corrected chi connectivity index (χ1v) is 8.17. The molecule has 3 N–H and O–H groups in total. The summed E-state index contributed by atoms with van der Waals surface area (Å²) in [5.41, 5.74) is 5.24. The first-order valence-electron chi connectivity index (χ1n) is 6.69. The van der Waals surface area contributed by atoms with Crippen LogP contribution >= 0.6 is 0 Å². The van der Waals surface area contributed by atoms with E-state index in [9.17, 15) is 17.6 Å². The molecule has 0 saturated heterocycles. The van der Waals surface area contributed by atoms with Gasteiger partial charge in [0.2, 0.25) is 0 Å². The summed E-state index contributed by atoms with van der Waals surface area (Å²) in [5.74, 6) is -1.61. The van der Waals surface area contributed by atoms with Gasteiger partial charge in [0.05, 0.1) is 22.8 Å². The topological polar surface area (TPSA) is 98.5 Å². The van der Waals surface area contributed by atoms with Crippen molar-refractivity contribution in [1.29, 1.82) is 0 Å². The van der Waals surface area contributed by atoms with Gasteiger partial charge in [0, 0.05) is 0 Å². The summed E-state index contributed by atoms with van der Waals surface area (Å²) >= 11 is 0. The predicted octanol–water partition coefficient (Wildman–Crippen LogP) is 2.12. The van der Waals surface area contributed by atoms with E-state index < -0.39 is 21.7 Å². The van der Waals surface area contributed by atoms with Crippen molar-refractivity contribution in [2.45, 2.75) is 11.8 Å². The fourth-order valence-electron chi connectivity index (χ4n) is 1.91. The number of rotatable bonds is 6. The lowest BCUT2D eigenvalue weighted by molar-refractivity contribution is 0.100. The molecule has 1 amide bonds. The molecular formula is C15H15FN2O4S. The van der Waals surface area contributed by atoms with Crippen LogP contribution < -0.4 is 15.2 Å². The third-order valence-corrected chi connectivity index (χ3v) is 4.31. The summed E-state index contributed by atoms with van der Waals surface area (Å²) in [4.78, 5) is 11.0. The van der Waals surface area contributed by atoms with Crippen LogP contribution in [-0.2, 0) is 10.0 Å². The highest BCUT2D eigenvalue weighted by molar-refractivity contribution is 7.92. The molecule has 2 aromatic carbocycles. The summed E-state index contributed by atoms with van der Waals surface area (Å²) in [7, 11) is -4.08. The number of sulfonamides is 1. The molecule has 0 spiro atoms. The number of hydrogen-bond acceptors (Lipinski definition) is 4. The Morgan fingerprint density at radius 1 is 1.26 bits per heavy atom. The number of nitrogens with two attached hydrogens (primary N) is 1. The van der Waals surface area contributed by atoms with E-state index in [4.69, 9.17) is 10.5 Å². The van der Waals surface area contributed by atoms with E-state index in [1.165, 1.54) is 24.3 Å². The molecule has 0 aliphatic heterocycles. The Hall–Kier alpha value is -2.61. The van der Waals surface area contributed by atoms with Crippen molar-refractivity contribution in [3.05, 3.63) is 53.8 Å². The second-order valence-corrected chi connectivity index (χ2v) is 6.22. The van der Waals surface area contributed by atoms with Gasteiger partial charge in [-0.1, -0.05) is 12.1 Å². The van der Waals surface area contributed by atoms with Crippen LogP contribution in [0.25, 0.3) is 0 Å². The Morgan fingerprint density at radius 2 is 1.96 bits per heavy atom. The minimum Gasteiger partial charge on any atom is -0.491 e. The normalized spacial score (nSPS) is 11.0. The van der Waals surface area contributed by atoms with Gasteiger partial charge in [0.1, 0.15) is 0 Å². The van der Waals surface area contributed by atoms with Gasteiger partial charge in [-0.15, -0.1) is 0 Å². The fraction of sp³-hybridized carbons (Fsp3) is 0.133. The second kappa shape index (κ2) is 6.66. The van der Waals surface area contributed by atoms with Gasteiger partial charge in [-0.2, -0.15) is 0 Å². The van der Waals surface area contributed by atoms with E-state index in [-0.39, 0.29) is 28.5 Å². The third-order valence-electron chi connectivity index (χ3n) is 2.95. The van der Waals surface area contributed by atoms with E-state index in [2.05, 4.69) is 4.72 Å². The lowest BCUT2D eigenvalue weighted by atomic mass is 10.2. The number of benzene rings is 2. The smallest absolute Gasteiger partial charge is 0.262 e. The van der Waals surface area contributed by atoms with Crippen molar-refractivity contribution in [1.82, 2.24) is 0 Å². The molecule has 0 saturated carbocycles. The highest BCUT2D eigenvalue weighted by Gasteiger charge is 2.19. The van der Waals surface area contributed by atoms with Gasteiger partial charge in [-0.05, 0) is 37.3 Å². The molecule has 122 valence electrons. The van der Waals surface area contributed by atoms with Gasteiger partial charge in [-0.25, -0.2) is 12.8 Å². The average Bonchev–Trinajstić information content (AvgIpc) is 2.49. The number of nitrogens with one attached hydrogen (secondary N) is 1. The maximum absolute atomic E-state index is 13.8. The van der Waals surface area contributed by atoms with Gasteiger partial charge >= 0.3 is 0 Å². The zero-order valence-corrected chi connectivity index (χ0v) is 13.1. The van der Waals surface area contributed by atoms with E-state index >= 15 is 0 Å². The predicted molar refractivity (Wildman–Crippen MR) is 83.3 cm³/mol. The third kappa shape index (κ3) is 3.78. The number of ether oxygens (including phenoxy) is 1. The van der Waals surface area contributed by atoms with Crippen molar-refractivity contribution >= 4 is 21.6 Å². The molecule has 6 nitrogen and oxygen atoms in total. The Bertz CT molecular complexity index is 837. The lowest BCUT2D eigenvalue weighted by Crippen LogP contribution is -2.18. The minimum atomic E-state index is -4.08. The van der Waals surface area contributed by atoms with Crippen LogP contribution in [0.1, 0.15) is 17.3 Å². The van der Waals surface area contributed by atoms with Crippen LogP contribution in [0.4, 0.5) is 10.1 Å². The number of para-hydroxylation sites is 1. The van der Waals surface area contributed by atoms with Crippen molar-refractivity contribution in [3.63, 3.8) is 0 Å². The van der Waals surface area contributed by atoms with E-state index in [0.717, 1.165) is 6.07 Å². The molecule has 0 atom stereocenters. The number of halogens is 1. The van der Waals surface area contributed by atoms with E-state index in [1.807, 2.05) is 0 Å². The molecule has 0 radical (unpaired) electrons. The maximum Gasteiger partial charge on any atom is 0.262 e. The van der Waals surface area contributed by atoms with Gasteiger partial charge in [0.25, 0.3) is 15.9 Å². The maximum atomic E-state index is 13.8. The fourth-order valence-corrected chi connectivity index (χ4v) is 3.00. The Labute approximate surface area is 133 Å². The SMILES string of the molecule is CCOc1ccc(S(=O)(=O)Nc2ccccc2C(N)=O)cc1F. The Kier molecular flexibility index (Phi) is 4.85. The second-order valence-electron chi connectivity index (χ2n) is 4.54. The van der Waals surface area contributed by atoms with Crippen molar-refractivity contribution in [3.8, 4) is 5.75 Å². The average molecular weight is 338 g/mol. The lowest BCUT2D eigenvalue weighted by Gasteiger charge is -2.12. The molecule has 0 unspecified atom stereocenters. The van der Waals surface area contributed by atoms with E-state index in [1.54, 1.807) is 19.1 Å². The zero-order valence-electron chi connectivity index (χ0n) is 12.2. The number of hydrogen-bond donors (Lipinski definition) is 2. The standard InChI is InChI=1S/C15H15FN2O4S/c1-2-22-14-8-7-10(9-12(14)16)23(20,21)18-13-6-4-3-5-11(13)15(17)19/h3-9,18H,2H2,1H3,(H2,17,19). The molecule has 0 bridgehead atoms. The molecule has 2 aromatic rings. The van der Waals surface area contributed by atoms with Crippen LogP contribution in [0.5, 0.6) is 5.75 Å². The van der Waals surface area contributed by atoms with Gasteiger partial charge in [0.15, 0.2) is 11.6 Å². The quantitative estimate of drug-likeness (QED) is 0.843. The molecule has 0 aliphatic rings. The monoisotopic (exact) mass is 338 g/mol. The summed E-state index contributed by atoms with van der Waals surface area (Å²) in [6.45, 7) is 1.94. The molecule has 8 heteroatoms. The summed E-state index contributed by atoms with van der Waals surface area (Å²) in [6.07, 6.45) is 0. The molecular weight excluding hydrogens is 323 g/mol. The molecule has 0 aliphatic carbocycles. The Morgan fingerprint density at radius 3 is 2.57 bits per heavy atom. The summed E-state index contributed by atoms with van der Waals surface area (Å²) < 4.78 is 45.7. The number of carbonyl (C=O) groups excluding carboxylic acids is 1. The number of anilines is 1. The van der Waals surface area contributed by atoms with Crippen molar-refractivity contribution in [2.75, 3.05) is 11.3 Å². The minimum absolute atomic E-state index is 0.0162. The number of carbonyl (C=O) groups is 1.